The highest BCUT2D eigenvalue weighted by Gasteiger charge is 1.99. The van der Waals surface area contributed by atoms with Crippen LogP contribution < -0.4 is 0 Å². The van der Waals surface area contributed by atoms with Gasteiger partial charge >= 0.3 is 5.97 Å². The molecule has 0 aliphatic heterocycles. The van der Waals surface area contributed by atoms with Gasteiger partial charge in [-0.15, -0.1) is 0 Å². The first-order valence-corrected chi connectivity index (χ1v) is 8.31. The predicted octanol–water partition coefficient (Wildman–Crippen LogP) is 5.29. The van der Waals surface area contributed by atoms with E-state index in [0.29, 0.717) is 0 Å². The first kappa shape index (κ1) is 17.4. The number of aliphatic imine (C=N–C) groups is 1. The van der Waals surface area contributed by atoms with Crippen molar-refractivity contribution in [3.05, 3.63) is 96.1 Å². The number of carbonyl (C=O) groups is 1. The summed E-state index contributed by atoms with van der Waals surface area (Å²) < 4.78 is 4.62. The van der Waals surface area contributed by atoms with Crippen LogP contribution in [0, 0.1) is 0 Å². The summed E-state index contributed by atoms with van der Waals surface area (Å²) in [5, 5.41) is 0. The number of rotatable bonds is 5. The Bertz CT molecular complexity index is 926. The van der Waals surface area contributed by atoms with Crippen LogP contribution in [0.25, 0.3) is 17.2 Å². The Morgan fingerprint density at radius 3 is 2.23 bits per heavy atom. The average Bonchev–Trinajstić information content (AvgIpc) is 2.72. The zero-order valence-corrected chi connectivity index (χ0v) is 14.5. The minimum absolute atomic E-state index is 0.389. The van der Waals surface area contributed by atoms with Gasteiger partial charge < -0.3 is 4.74 Å². The van der Waals surface area contributed by atoms with Crippen LogP contribution in [0.3, 0.4) is 0 Å². The van der Waals surface area contributed by atoms with E-state index < -0.39 is 0 Å². The molecule has 0 unspecified atom stereocenters. The lowest BCUT2D eigenvalue weighted by atomic mass is 10.0. The number of hydrogen-bond acceptors (Lipinski definition) is 3. The fraction of sp³-hybridized carbons (Fsp3) is 0.0435. The Labute approximate surface area is 153 Å². The zero-order chi connectivity index (χ0) is 18.2. The quantitative estimate of drug-likeness (QED) is 0.359. The van der Waals surface area contributed by atoms with Gasteiger partial charge in [0.15, 0.2) is 0 Å². The molecular formula is C23H19NO2. The molecule has 0 heterocycles. The van der Waals surface area contributed by atoms with E-state index in [-0.39, 0.29) is 5.97 Å². The van der Waals surface area contributed by atoms with E-state index in [9.17, 15) is 4.79 Å². The number of methoxy groups -OCH3 is 1. The molecule has 0 radical (unpaired) electrons. The van der Waals surface area contributed by atoms with Gasteiger partial charge in [-0.05, 0) is 28.8 Å². The molecule has 0 N–H and O–H groups in total. The Morgan fingerprint density at radius 1 is 0.846 bits per heavy atom. The van der Waals surface area contributed by atoms with E-state index in [1.807, 2.05) is 60.8 Å². The van der Waals surface area contributed by atoms with E-state index >= 15 is 0 Å². The second-order valence-corrected chi connectivity index (χ2v) is 5.66. The van der Waals surface area contributed by atoms with Crippen molar-refractivity contribution in [2.24, 2.45) is 4.99 Å². The van der Waals surface area contributed by atoms with Gasteiger partial charge in [0.2, 0.25) is 0 Å². The molecule has 128 valence electrons. The van der Waals surface area contributed by atoms with Crippen molar-refractivity contribution in [3.8, 4) is 11.1 Å². The highest BCUT2D eigenvalue weighted by Crippen LogP contribution is 2.21. The van der Waals surface area contributed by atoms with Crippen LogP contribution in [0.5, 0.6) is 0 Å². The molecule has 0 spiro atoms. The van der Waals surface area contributed by atoms with Gasteiger partial charge in [0, 0.05) is 17.9 Å². The molecule has 0 aromatic heterocycles. The lowest BCUT2D eigenvalue weighted by Crippen LogP contribution is -1.93. The van der Waals surface area contributed by atoms with Crippen molar-refractivity contribution < 1.29 is 9.53 Å². The van der Waals surface area contributed by atoms with Gasteiger partial charge in [-0.1, -0.05) is 72.8 Å². The summed E-state index contributed by atoms with van der Waals surface area (Å²) >= 11 is 0. The van der Waals surface area contributed by atoms with E-state index in [2.05, 4.69) is 34.0 Å². The van der Waals surface area contributed by atoms with E-state index in [0.717, 1.165) is 16.8 Å². The summed E-state index contributed by atoms with van der Waals surface area (Å²) in [5.41, 5.74) is 5.02. The average molecular weight is 341 g/mol. The lowest BCUT2D eigenvalue weighted by Gasteiger charge is -2.02. The highest BCUT2D eigenvalue weighted by molar-refractivity contribution is 5.89. The molecule has 3 heteroatoms. The largest absolute Gasteiger partial charge is 0.466 e. The van der Waals surface area contributed by atoms with Crippen LogP contribution in [0.2, 0.25) is 0 Å². The fourth-order valence-electron chi connectivity index (χ4n) is 2.51. The number of nitrogens with zero attached hydrogens (tertiary/aromatic N) is 1. The molecule has 0 aliphatic rings. The van der Waals surface area contributed by atoms with Crippen molar-refractivity contribution in [2.75, 3.05) is 7.11 Å². The molecule has 0 atom stereocenters. The van der Waals surface area contributed by atoms with Crippen LogP contribution in [0.15, 0.2) is 89.9 Å². The minimum Gasteiger partial charge on any atom is -0.466 e. The molecule has 0 saturated heterocycles. The molecule has 3 nitrogen and oxygen atoms in total. The Hall–Kier alpha value is -3.46. The second-order valence-electron chi connectivity index (χ2n) is 5.66. The van der Waals surface area contributed by atoms with Crippen LogP contribution in [0.4, 0.5) is 5.69 Å². The summed E-state index contributed by atoms with van der Waals surface area (Å²) in [5.74, 6) is -0.389. The lowest BCUT2D eigenvalue weighted by molar-refractivity contribution is -0.134. The third-order valence-corrected chi connectivity index (χ3v) is 3.91. The van der Waals surface area contributed by atoms with Gasteiger partial charge in [0.05, 0.1) is 12.8 Å². The first-order valence-electron chi connectivity index (χ1n) is 8.31. The van der Waals surface area contributed by atoms with Gasteiger partial charge in [0.1, 0.15) is 0 Å². The summed E-state index contributed by atoms with van der Waals surface area (Å²) in [4.78, 5) is 15.8. The second kappa shape index (κ2) is 8.58. The monoisotopic (exact) mass is 341 g/mol. The van der Waals surface area contributed by atoms with Crippen molar-refractivity contribution in [1.29, 1.82) is 0 Å². The Balaban J connectivity index is 1.78. The van der Waals surface area contributed by atoms with Crippen molar-refractivity contribution in [3.63, 3.8) is 0 Å². The highest BCUT2D eigenvalue weighted by atomic mass is 16.5. The van der Waals surface area contributed by atoms with E-state index in [4.69, 9.17) is 0 Å². The third-order valence-electron chi connectivity index (χ3n) is 3.91. The molecule has 0 amide bonds. The summed E-state index contributed by atoms with van der Waals surface area (Å²) in [6.45, 7) is 0. The zero-order valence-electron chi connectivity index (χ0n) is 14.5. The first-order chi connectivity index (χ1) is 12.8. The molecule has 0 bridgehead atoms. The summed E-state index contributed by atoms with van der Waals surface area (Å²) in [7, 11) is 1.36. The number of para-hydroxylation sites is 1. The van der Waals surface area contributed by atoms with Crippen molar-refractivity contribution in [2.45, 2.75) is 0 Å². The fourth-order valence-corrected chi connectivity index (χ4v) is 2.51. The van der Waals surface area contributed by atoms with E-state index in [1.165, 1.54) is 24.3 Å². The third kappa shape index (κ3) is 4.54. The SMILES string of the molecule is COC(=O)C=Cc1ccccc1N=Cc1ccc(-c2ccccc2)cc1. The molecular weight excluding hydrogens is 322 g/mol. The molecule has 3 aromatic carbocycles. The Kier molecular flexibility index (Phi) is 5.73. The molecule has 3 aromatic rings. The van der Waals surface area contributed by atoms with Crippen molar-refractivity contribution >= 4 is 23.9 Å². The number of carbonyl (C=O) groups excluding carboxylic acids is 1. The van der Waals surface area contributed by atoms with Gasteiger partial charge in [-0.2, -0.15) is 0 Å². The number of esters is 1. The number of hydrogen-bond donors (Lipinski definition) is 0. The van der Waals surface area contributed by atoms with Gasteiger partial charge in [-0.3, -0.25) is 4.99 Å². The van der Waals surface area contributed by atoms with Crippen LogP contribution in [-0.4, -0.2) is 19.3 Å². The topological polar surface area (TPSA) is 38.7 Å². The Morgan fingerprint density at radius 2 is 1.50 bits per heavy atom. The molecule has 26 heavy (non-hydrogen) atoms. The smallest absolute Gasteiger partial charge is 0.330 e. The minimum atomic E-state index is -0.389. The van der Waals surface area contributed by atoms with Gasteiger partial charge in [0.25, 0.3) is 0 Å². The van der Waals surface area contributed by atoms with Crippen molar-refractivity contribution in [1.82, 2.24) is 0 Å². The van der Waals surface area contributed by atoms with Gasteiger partial charge in [-0.25, -0.2) is 4.79 Å². The molecule has 3 rings (SSSR count). The molecule has 0 aliphatic carbocycles. The summed E-state index contributed by atoms with van der Waals surface area (Å²) in [6.07, 6.45) is 4.92. The maximum absolute atomic E-state index is 11.3. The molecule has 0 saturated carbocycles. The molecule has 0 fully saturated rings. The standard InChI is InChI=1S/C23H19NO2/c1-26-23(25)16-15-21-9-5-6-10-22(21)24-17-18-11-13-20(14-12-18)19-7-3-2-4-8-19/h2-17H,1H3. The maximum atomic E-state index is 11.3. The number of benzene rings is 3. The predicted molar refractivity (Wildman–Crippen MR) is 107 cm³/mol. The van der Waals surface area contributed by atoms with Crippen LogP contribution in [-0.2, 0) is 9.53 Å². The number of ether oxygens (including phenoxy) is 1. The maximum Gasteiger partial charge on any atom is 0.330 e. The summed E-state index contributed by atoms with van der Waals surface area (Å²) in [6, 6.07) is 26.1. The normalized spacial score (nSPS) is 11.1. The van der Waals surface area contributed by atoms with Crippen LogP contribution in [0.1, 0.15) is 11.1 Å². The van der Waals surface area contributed by atoms with Crippen LogP contribution >= 0.6 is 0 Å². The van der Waals surface area contributed by atoms with E-state index in [1.54, 1.807) is 6.08 Å².